The van der Waals surface area contributed by atoms with E-state index in [-0.39, 0.29) is 24.2 Å². The first kappa shape index (κ1) is 20.1. The maximum atomic E-state index is 12.2. The van der Waals surface area contributed by atoms with Gasteiger partial charge < -0.3 is 16.0 Å². The van der Waals surface area contributed by atoms with Crippen LogP contribution in [0.5, 0.6) is 0 Å². The lowest BCUT2D eigenvalue weighted by molar-refractivity contribution is 0.0773. The second-order valence-electron chi connectivity index (χ2n) is 4.84. The zero-order chi connectivity index (χ0) is 16.8. The Morgan fingerprint density at radius 1 is 1.21 bits per heavy atom. The fourth-order valence-corrected chi connectivity index (χ4v) is 2.75. The molecule has 1 heterocycles. The minimum Gasteiger partial charge on any atom is -0.339 e. The summed E-state index contributed by atoms with van der Waals surface area (Å²) in [6, 6.07) is 6.85. The molecule has 0 fully saturated rings. The summed E-state index contributed by atoms with van der Waals surface area (Å²) in [6.45, 7) is 5.54. The molecule has 0 radical (unpaired) electrons. The molecule has 24 heavy (non-hydrogen) atoms. The zero-order valence-electron chi connectivity index (χ0n) is 13.6. The van der Waals surface area contributed by atoms with Gasteiger partial charge in [0.05, 0.1) is 0 Å². The van der Waals surface area contributed by atoms with E-state index in [1.165, 1.54) is 11.3 Å². The molecule has 0 aliphatic heterocycles. The van der Waals surface area contributed by atoms with Gasteiger partial charge in [0, 0.05) is 36.3 Å². The number of anilines is 1. The van der Waals surface area contributed by atoms with Crippen LogP contribution in [0.3, 0.4) is 0 Å². The standard InChI is InChI=1S/C16H20N4O2S.ClH/c1-3-20(4-2)16(22)11-5-7-12(8-6-11)18-15(21)13-10-23-14(9-17)19-13;/h5-8,10H,3-4,9,17H2,1-2H3,(H,18,21);1H. The zero-order valence-corrected chi connectivity index (χ0v) is 15.2. The van der Waals surface area contributed by atoms with E-state index in [1.807, 2.05) is 13.8 Å². The third-order valence-electron chi connectivity index (χ3n) is 3.40. The molecule has 1 aromatic heterocycles. The molecule has 0 saturated heterocycles. The Kier molecular flexibility index (Phi) is 7.84. The van der Waals surface area contributed by atoms with E-state index >= 15 is 0 Å². The topological polar surface area (TPSA) is 88.3 Å². The molecule has 0 atom stereocenters. The molecule has 0 spiro atoms. The number of nitrogens with two attached hydrogens (primary N) is 1. The molecule has 2 amide bonds. The van der Waals surface area contributed by atoms with Crippen LogP contribution in [0.1, 0.15) is 39.7 Å². The number of hydrogen-bond donors (Lipinski definition) is 2. The van der Waals surface area contributed by atoms with Crippen molar-refractivity contribution in [1.82, 2.24) is 9.88 Å². The number of nitrogens with zero attached hydrogens (tertiary/aromatic N) is 2. The fraction of sp³-hybridized carbons (Fsp3) is 0.312. The van der Waals surface area contributed by atoms with Gasteiger partial charge in [-0.25, -0.2) is 4.98 Å². The number of carbonyl (C=O) groups excluding carboxylic acids is 2. The molecular formula is C16H21ClN4O2S. The van der Waals surface area contributed by atoms with Crippen LogP contribution in [0.25, 0.3) is 0 Å². The minimum absolute atomic E-state index is 0. The average Bonchev–Trinajstić information content (AvgIpc) is 3.06. The summed E-state index contributed by atoms with van der Waals surface area (Å²) in [5, 5.41) is 5.15. The van der Waals surface area contributed by atoms with Crippen LogP contribution in [0.2, 0.25) is 0 Å². The van der Waals surface area contributed by atoms with Gasteiger partial charge in [-0.3, -0.25) is 9.59 Å². The fourth-order valence-electron chi connectivity index (χ4n) is 2.09. The van der Waals surface area contributed by atoms with Crippen molar-refractivity contribution in [3.05, 3.63) is 45.9 Å². The molecule has 2 aromatic rings. The number of hydrogen-bond acceptors (Lipinski definition) is 5. The summed E-state index contributed by atoms with van der Waals surface area (Å²) < 4.78 is 0. The minimum atomic E-state index is -0.288. The van der Waals surface area contributed by atoms with E-state index in [9.17, 15) is 9.59 Å². The second kappa shape index (κ2) is 9.36. The van der Waals surface area contributed by atoms with Crippen LogP contribution in [0, 0.1) is 0 Å². The number of benzene rings is 1. The van der Waals surface area contributed by atoms with Crippen LogP contribution in [-0.2, 0) is 6.54 Å². The Hall–Kier alpha value is -1.96. The van der Waals surface area contributed by atoms with E-state index in [4.69, 9.17) is 5.73 Å². The number of halogens is 1. The van der Waals surface area contributed by atoms with Gasteiger partial charge in [-0.05, 0) is 38.1 Å². The van der Waals surface area contributed by atoms with Gasteiger partial charge in [0.2, 0.25) is 0 Å². The number of nitrogens with one attached hydrogen (secondary N) is 1. The summed E-state index contributed by atoms with van der Waals surface area (Å²) in [4.78, 5) is 30.2. The molecule has 0 aliphatic carbocycles. The Labute approximate surface area is 151 Å². The highest BCUT2D eigenvalue weighted by Crippen LogP contribution is 2.14. The summed E-state index contributed by atoms with van der Waals surface area (Å²) in [6.07, 6.45) is 0. The molecule has 1 aromatic carbocycles. The molecule has 0 saturated carbocycles. The van der Waals surface area contributed by atoms with Crippen LogP contribution in [-0.4, -0.2) is 34.8 Å². The quantitative estimate of drug-likeness (QED) is 0.820. The highest BCUT2D eigenvalue weighted by Gasteiger charge is 2.13. The van der Waals surface area contributed by atoms with E-state index in [0.717, 1.165) is 5.01 Å². The van der Waals surface area contributed by atoms with E-state index in [1.54, 1.807) is 34.5 Å². The first-order chi connectivity index (χ1) is 11.1. The summed E-state index contributed by atoms with van der Waals surface area (Å²) in [5.41, 5.74) is 7.06. The maximum Gasteiger partial charge on any atom is 0.275 e. The maximum absolute atomic E-state index is 12.2. The van der Waals surface area contributed by atoms with Crippen molar-refractivity contribution < 1.29 is 9.59 Å². The molecule has 6 nitrogen and oxygen atoms in total. The predicted octanol–water partition coefficient (Wildman–Crippen LogP) is 2.76. The molecule has 0 bridgehead atoms. The van der Waals surface area contributed by atoms with Crippen molar-refractivity contribution in [3.8, 4) is 0 Å². The molecule has 2 rings (SSSR count). The van der Waals surface area contributed by atoms with Gasteiger partial charge in [0.25, 0.3) is 11.8 Å². The predicted molar refractivity (Wildman–Crippen MR) is 98.9 cm³/mol. The van der Waals surface area contributed by atoms with Crippen molar-refractivity contribution in [2.24, 2.45) is 5.73 Å². The average molecular weight is 369 g/mol. The van der Waals surface area contributed by atoms with Crippen molar-refractivity contribution in [1.29, 1.82) is 0 Å². The lowest BCUT2D eigenvalue weighted by Gasteiger charge is -2.18. The molecule has 130 valence electrons. The third-order valence-corrected chi connectivity index (χ3v) is 4.27. The van der Waals surface area contributed by atoms with Crippen molar-refractivity contribution >= 4 is 41.2 Å². The van der Waals surface area contributed by atoms with Crippen molar-refractivity contribution in [2.45, 2.75) is 20.4 Å². The number of aromatic nitrogens is 1. The molecule has 3 N–H and O–H groups in total. The third kappa shape index (κ3) is 4.77. The Morgan fingerprint density at radius 2 is 1.83 bits per heavy atom. The second-order valence-corrected chi connectivity index (χ2v) is 5.78. The lowest BCUT2D eigenvalue weighted by atomic mass is 10.1. The first-order valence-corrected chi connectivity index (χ1v) is 8.32. The van der Waals surface area contributed by atoms with Crippen LogP contribution < -0.4 is 11.1 Å². The number of thiazole rings is 1. The Morgan fingerprint density at radius 3 is 2.33 bits per heavy atom. The van der Waals surface area contributed by atoms with Crippen molar-refractivity contribution in [3.63, 3.8) is 0 Å². The smallest absolute Gasteiger partial charge is 0.275 e. The Balaban J connectivity index is 0.00000288. The molecule has 0 aliphatic rings. The number of amides is 2. The summed E-state index contributed by atoms with van der Waals surface area (Å²) in [7, 11) is 0. The van der Waals surface area contributed by atoms with E-state index in [2.05, 4.69) is 10.3 Å². The monoisotopic (exact) mass is 368 g/mol. The largest absolute Gasteiger partial charge is 0.339 e. The van der Waals surface area contributed by atoms with Gasteiger partial charge in [-0.15, -0.1) is 23.7 Å². The highest BCUT2D eigenvalue weighted by atomic mass is 35.5. The van der Waals surface area contributed by atoms with Gasteiger partial charge in [0.15, 0.2) is 0 Å². The van der Waals surface area contributed by atoms with Gasteiger partial charge >= 0.3 is 0 Å². The van der Waals surface area contributed by atoms with Crippen LogP contribution in [0.4, 0.5) is 5.69 Å². The molecule has 8 heteroatoms. The van der Waals surface area contributed by atoms with Crippen molar-refractivity contribution in [2.75, 3.05) is 18.4 Å². The lowest BCUT2D eigenvalue weighted by Crippen LogP contribution is -2.30. The molecule has 0 unspecified atom stereocenters. The van der Waals surface area contributed by atoms with Crippen LogP contribution in [0.15, 0.2) is 29.6 Å². The number of carbonyl (C=O) groups is 2. The SMILES string of the molecule is CCN(CC)C(=O)c1ccc(NC(=O)c2csc(CN)n2)cc1.Cl. The van der Waals surface area contributed by atoms with E-state index in [0.29, 0.717) is 36.6 Å². The van der Waals surface area contributed by atoms with Crippen LogP contribution >= 0.6 is 23.7 Å². The molecular weight excluding hydrogens is 348 g/mol. The van der Waals surface area contributed by atoms with E-state index < -0.39 is 0 Å². The summed E-state index contributed by atoms with van der Waals surface area (Å²) in [5.74, 6) is -0.302. The summed E-state index contributed by atoms with van der Waals surface area (Å²) >= 11 is 1.36. The van der Waals surface area contributed by atoms with Gasteiger partial charge in [0.1, 0.15) is 10.7 Å². The Bertz CT molecular complexity index is 684. The normalized spacial score (nSPS) is 9.96. The highest BCUT2D eigenvalue weighted by molar-refractivity contribution is 7.09. The van der Waals surface area contributed by atoms with Gasteiger partial charge in [-0.2, -0.15) is 0 Å². The van der Waals surface area contributed by atoms with Gasteiger partial charge in [-0.1, -0.05) is 0 Å². The first-order valence-electron chi connectivity index (χ1n) is 7.44. The number of rotatable bonds is 6.